The zero-order valence-electron chi connectivity index (χ0n) is 8.49. The lowest BCUT2D eigenvalue weighted by molar-refractivity contribution is 0.0600. The zero-order valence-corrected chi connectivity index (χ0v) is 8.49. The van der Waals surface area contributed by atoms with Crippen LogP contribution in [0.15, 0.2) is 24.3 Å². The zero-order chi connectivity index (χ0) is 11.1. The van der Waals surface area contributed by atoms with Crippen molar-refractivity contribution in [1.82, 2.24) is 0 Å². The largest absolute Gasteiger partial charge is 0.465 e. The van der Waals surface area contributed by atoms with Crippen LogP contribution < -0.4 is 0 Å². The Morgan fingerprint density at radius 3 is 2.53 bits per heavy atom. The first-order valence-corrected chi connectivity index (χ1v) is 4.51. The smallest absolute Gasteiger partial charge is 0.337 e. The van der Waals surface area contributed by atoms with Gasteiger partial charge < -0.3 is 9.84 Å². The summed E-state index contributed by atoms with van der Waals surface area (Å²) in [4.78, 5) is 11.1. The summed E-state index contributed by atoms with van der Waals surface area (Å²) in [6.45, 7) is -0.125. The quantitative estimate of drug-likeness (QED) is 0.577. The van der Waals surface area contributed by atoms with Gasteiger partial charge in [-0.1, -0.05) is 24.0 Å². The summed E-state index contributed by atoms with van der Waals surface area (Å²) in [7, 11) is 1.35. The summed E-state index contributed by atoms with van der Waals surface area (Å²) in [6.07, 6.45) is 0.571. The fourth-order valence-corrected chi connectivity index (χ4v) is 1.10. The molecule has 78 valence electrons. The fourth-order valence-electron chi connectivity index (χ4n) is 1.10. The van der Waals surface area contributed by atoms with Crippen LogP contribution in [-0.2, 0) is 11.2 Å². The van der Waals surface area contributed by atoms with Crippen LogP contribution in [0.2, 0.25) is 0 Å². The van der Waals surface area contributed by atoms with Gasteiger partial charge in [0.1, 0.15) is 6.61 Å². The average molecular weight is 204 g/mol. The Labute approximate surface area is 88.7 Å². The second kappa shape index (κ2) is 5.84. The first kappa shape index (κ1) is 11.3. The van der Waals surface area contributed by atoms with Crippen LogP contribution in [0.5, 0.6) is 0 Å². The molecular weight excluding hydrogens is 192 g/mol. The summed E-state index contributed by atoms with van der Waals surface area (Å²) >= 11 is 0. The molecular formula is C12H12O3. The Bertz CT molecular complexity index is 382. The number of benzene rings is 1. The number of methoxy groups -OCH3 is 1. The standard InChI is InChI=1S/C12H12O3/c1-15-12(14)11-7-5-10(6-8-11)4-2-3-9-13/h5-8,13H,4,9H2,1H3. The van der Waals surface area contributed by atoms with E-state index in [-0.39, 0.29) is 12.6 Å². The van der Waals surface area contributed by atoms with Gasteiger partial charge in [0, 0.05) is 6.42 Å². The predicted molar refractivity (Wildman–Crippen MR) is 56.3 cm³/mol. The van der Waals surface area contributed by atoms with Gasteiger partial charge in [0.25, 0.3) is 0 Å². The van der Waals surface area contributed by atoms with Gasteiger partial charge in [0.15, 0.2) is 0 Å². The van der Waals surface area contributed by atoms with E-state index in [0.717, 1.165) is 5.56 Å². The molecule has 1 aromatic rings. The average Bonchev–Trinajstić information content (AvgIpc) is 2.29. The van der Waals surface area contributed by atoms with Crippen LogP contribution in [0.3, 0.4) is 0 Å². The lowest BCUT2D eigenvalue weighted by Gasteiger charge is -1.99. The summed E-state index contributed by atoms with van der Waals surface area (Å²) in [6, 6.07) is 7.03. The molecule has 3 nitrogen and oxygen atoms in total. The molecule has 0 aliphatic carbocycles. The summed E-state index contributed by atoms with van der Waals surface area (Å²) in [5, 5.41) is 8.46. The molecule has 0 saturated carbocycles. The van der Waals surface area contributed by atoms with Crippen LogP contribution in [0, 0.1) is 11.8 Å². The molecule has 1 aromatic carbocycles. The molecule has 0 heterocycles. The van der Waals surface area contributed by atoms with Crippen molar-refractivity contribution in [3.8, 4) is 11.8 Å². The van der Waals surface area contributed by atoms with E-state index >= 15 is 0 Å². The Hall–Kier alpha value is -1.79. The normalized spacial score (nSPS) is 8.93. The molecule has 0 spiro atoms. The molecule has 1 rings (SSSR count). The second-order valence-corrected chi connectivity index (χ2v) is 2.88. The van der Waals surface area contributed by atoms with Crippen LogP contribution >= 0.6 is 0 Å². The van der Waals surface area contributed by atoms with Gasteiger partial charge in [0.2, 0.25) is 0 Å². The van der Waals surface area contributed by atoms with Crippen LogP contribution in [0.4, 0.5) is 0 Å². The summed E-state index contributed by atoms with van der Waals surface area (Å²) in [5.74, 6) is 5.01. The van der Waals surface area contributed by atoms with E-state index in [4.69, 9.17) is 5.11 Å². The topological polar surface area (TPSA) is 46.5 Å². The van der Waals surface area contributed by atoms with Crippen molar-refractivity contribution < 1.29 is 14.6 Å². The minimum atomic E-state index is -0.344. The molecule has 1 N–H and O–H groups in total. The van der Waals surface area contributed by atoms with E-state index in [1.807, 2.05) is 12.1 Å². The number of rotatable bonds is 2. The Kier molecular flexibility index (Phi) is 4.39. The van der Waals surface area contributed by atoms with Crippen LogP contribution in [-0.4, -0.2) is 24.8 Å². The van der Waals surface area contributed by atoms with E-state index in [1.54, 1.807) is 12.1 Å². The van der Waals surface area contributed by atoms with Crippen LogP contribution in [0.25, 0.3) is 0 Å². The van der Waals surface area contributed by atoms with E-state index in [0.29, 0.717) is 12.0 Å². The number of carbonyl (C=O) groups is 1. The molecule has 0 fully saturated rings. The molecule has 0 aliphatic heterocycles. The lowest BCUT2D eigenvalue weighted by atomic mass is 10.1. The third kappa shape index (κ3) is 3.45. The first-order chi connectivity index (χ1) is 7.27. The number of ether oxygens (including phenoxy) is 1. The lowest BCUT2D eigenvalue weighted by Crippen LogP contribution is -2.00. The highest BCUT2D eigenvalue weighted by Crippen LogP contribution is 2.05. The van der Waals surface area contributed by atoms with Gasteiger partial charge >= 0.3 is 5.97 Å². The van der Waals surface area contributed by atoms with Crippen molar-refractivity contribution in [3.05, 3.63) is 35.4 Å². The second-order valence-electron chi connectivity index (χ2n) is 2.88. The minimum absolute atomic E-state index is 0.125. The van der Waals surface area contributed by atoms with Gasteiger partial charge in [-0.25, -0.2) is 4.79 Å². The number of carbonyl (C=O) groups excluding carboxylic acids is 1. The van der Waals surface area contributed by atoms with Crippen molar-refractivity contribution in [1.29, 1.82) is 0 Å². The number of aliphatic hydroxyl groups is 1. The maximum Gasteiger partial charge on any atom is 0.337 e. The highest BCUT2D eigenvalue weighted by atomic mass is 16.5. The molecule has 0 amide bonds. The Morgan fingerprint density at radius 1 is 1.33 bits per heavy atom. The van der Waals surface area contributed by atoms with Crippen LogP contribution in [0.1, 0.15) is 15.9 Å². The highest BCUT2D eigenvalue weighted by molar-refractivity contribution is 5.89. The first-order valence-electron chi connectivity index (χ1n) is 4.51. The van der Waals surface area contributed by atoms with Gasteiger partial charge in [-0.15, -0.1) is 0 Å². The molecule has 15 heavy (non-hydrogen) atoms. The molecule has 0 bridgehead atoms. The van der Waals surface area contributed by atoms with Gasteiger partial charge in [-0.3, -0.25) is 0 Å². The third-order valence-electron chi connectivity index (χ3n) is 1.87. The monoisotopic (exact) mass is 204 g/mol. The minimum Gasteiger partial charge on any atom is -0.465 e. The number of hydrogen-bond acceptors (Lipinski definition) is 3. The van der Waals surface area contributed by atoms with Crippen molar-refractivity contribution in [3.63, 3.8) is 0 Å². The molecule has 0 atom stereocenters. The van der Waals surface area contributed by atoms with Crippen molar-refractivity contribution >= 4 is 5.97 Å². The highest BCUT2D eigenvalue weighted by Gasteiger charge is 2.03. The van der Waals surface area contributed by atoms with Gasteiger partial charge in [-0.05, 0) is 17.7 Å². The van der Waals surface area contributed by atoms with Crippen molar-refractivity contribution in [2.45, 2.75) is 6.42 Å². The van der Waals surface area contributed by atoms with E-state index in [1.165, 1.54) is 7.11 Å². The van der Waals surface area contributed by atoms with Gasteiger partial charge in [0.05, 0.1) is 12.7 Å². The molecule has 0 aromatic heterocycles. The molecule has 0 unspecified atom stereocenters. The third-order valence-corrected chi connectivity index (χ3v) is 1.87. The Balaban J connectivity index is 2.68. The SMILES string of the molecule is COC(=O)c1ccc(CC#CCO)cc1. The van der Waals surface area contributed by atoms with Crippen molar-refractivity contribution in [2.24, 2.45) is 0 Å². The Morgan fingerprint density at radius 2 is 2.00 bits per heavy atom. The molecule has 0 aliphatic rings. The number of hydrogen-bond donors (Lipinski definition) is 1. The summed E-state index contributed by atoms with van der Waals surface area (Å²) < 4.78 is 4.57. The molecule has 0 radical (unpaired) electrons. The van der Waals surface area contributed by atoms with Gasteiger partial charge in [-0.2, -0.15) is 0 Å². The molecule has 3 heteroatoms. The number of aliphatic hydroxyl groups excluding tert-OH is 1. The maximum atomic E-state index is 11.1. The maximum absolute atomic E-state index is 11.1. The molecule has 0 saturated heterocycles. The van der Waals surface area contributed by atoms with E-state index in [9.17, 15) is 4.79 Å². The van der Waals surface area contributed by atoms with Crippen molar-refractivity contribution in [2.75, 3.05) is 13.7 Å². The van der Waals surface area contributed by atoms with E-state index in [2.05, 4.69) is 16.6 Å². The predicted octanol–water partition coefficient (Wildman–Crippen LogP) is 1.01. The van der Waals surface area contributed by atoms with E-state index < -0.39 is 0 Å². The summed E-state index contributed by atoms with van der Waals surface area (Å²) in [5.41, 5.74) is 1.53. The number of esters is 1. The fraction of sp³-hybridized carbons (Fsp3) is 0.250.